The van der Waals surface area contributed by atoms with Gasteiger partial charge in [0.1, 0.15) is 0 Å². The summed E-state index contributed by atoms with van der Waals surface area (Å²) in [4.78, 5) is 18.0. The van der Waals surface area contributed by atoms with E-state index < -0.39 is 0 Å². The molecule has 1 aromatic carbocycles. The Labute approximate surface area is 132 Å². The van der Waals surface area contributed by atoms with Gasteiger partial charge in [0.05, 0.1) is 22.8 Å². The molecule has 0 aliphatic rings. The number of H-pyrrole nitrogens is 1. The SMILES string of the molecule is CCCc1nc(C)c(CNC(=O)c2n[nH]c3ccccc23)s1. The van der Waals surface area contributed by atoms with Gasteiger partial charge in [0.15, 0.2) is 5.69 Å². The minimum Gasteiger partial charge on any atom is -0.346 e. The fraction of sp³-hybridized carbons (Fsp3) is 0.312. The van der Waals surface area contributed by atoms with Gasteiger partial charge in [0.2, 0.25) is 0 Å². The number of fused-ring (bicyclic) bond motifs is 1. The highest BCUT2D eigenvalue weighted by atomic mass is 32.1. The summed E-state index contributed by atoms with van der Waals surface area (Å²) >= 11 is 1.67. The molecule has 0 radical (unpaired) electrons. The number of thiazole rings is 1. The molecule has 0 spiro atoms. The third-order valence-corrected chi connectivity index (χ3v) is 4.71. The zero-order valence-electron chi connectivity index (χ0n) is 12.6. The molecule has 0 aliphatic carbocycles. The van der Waals surface area contributed by atoms with Crippen LogP contribution < -0.4 is 5.32 Å². The average Bonchev–Trinajstić information content (AvgIpc) is 3.09. The Morgan fingerprint density at radius 1 is 1.36 bits per heavy atom. The number of rotatable bonds is 5. The van der Waals surface area contributed by atoms with Crippen LogP contribution in [0.1, 0.15) is 39.4 Å². The summed E-state index contributed by atoms with van der Waals surface area (Å²) in [7, 11) is 0. The number of carbonyl (C=O) groups excluding carboxylic acids is 1. The van der Waals surface area contributed by atoms with Gasteiger partial charge in [0, 0.05) is 10.3 Å². The molecule has 0 saturated carbocycles. The van der Waals surface area contributed by atoms with Crippen LogP contribution in [0.15, 0.2) is 24.3 Å². The number of para-hydroxylation sites is 1. The number of aromatic amines is 1. The van der Waals surface area contributed by atoms with Crippen LogP contribution in [0.3, 0.4) is 0 Å². The number of benzene rings is 1. The molecule has 0 aliphatic heterocycles. The van der Waals surface area contributed by atoms with E-state index in [-0.39, 0.29) is 5.91 Å². The Hall–Kier alpha value is -2.21. The minimum atomic E-state index is -0.165. The van der Waals surface area contributed by atoms with Gasteiger partial charge in [-0.3, -0.25) is 9.89 Å². The molecule has 6 heteroatoms. The number of aromatic nitrogens is 3. The zero-order chi connectivity index (χ0) is 15.5. The second kappa shape index (κ2) is 6.27. The van der Waals surface area contributed by atoms with Crippen molar-refractivity contribution in [3.63, 3.8) is 0 Å². The largest absolute Gasteiger partial charge is 0.346 e. The van der Waals surface area contributed by atoms with E-state index in [0.717, 1.165) is 39.3 Å². The van der Waals surface area contributed by atoms with E-state index >= 15 is 0 Å². The topological polar surface area (TPSA) is 70.7 Å². The first kappa shape index (κ1) is 14.7. The van der Waals surface area contributed by atoms with Crippen LogP contribution in [0.5, 0.6) is 0 Å². The highest BCUT2D eigenvalue weighted by molar-refractivity contribution is 7.11. The second-order valence-electron chi connectivity index (χ2n) is 5.17. The van der Waals surface area contributed by atoms with Gasteiger partial charge >= 0.3 is 0 Å². The van der Waals surface area contributed by atoms with Crippen LogP contribution in [0.2, 0.25) is 0 Å². The van der Waals surface area contributed by atoms with Crippen molar-refractivity contribution in [2.75, 3.05) is 0 Å². The zero-order valence-corrected chi connectivity index (χ0v) is 13.5. The Balaban J connectivity index is 1.72. The average molecular weight is 314 g/mol. The molecule has 2 N–H and O–H groups in total. The van der Waals surface area contributed by atoms with Crippen molar-refractivity contribution in [2.24, 2.45) is 0 Å². The molecule has 5 nitrogen and oxygen atoms in total. The predicted octanol–water partition coefficient (Wildman–Crippen LogP) is 3.21. The van der Waals surface area contributed by atoms with Crippen LogP contribution in [0, 0.1) is 6.92 Å². The minimum absolute atomic E-state index is 0.165. The lowest BCUT2D eigenvalue weighted by Crippen LogP contribution is -2.23. The van der Waals surface area contributed by atoms with E-state index in [0.29, 0.717) is 12.2 Å². The summed E-state index contributed by atoms with van der Waals surface area (Å²) < 4.78 is 0. The maximum absolute atomic E-state index is 12.3. The number of nitrogens with zero attached hydrogens (tertiary/aromatic N) is 2. The fourth-order valence-electron chi connectivity index (χ4n) is 2.35. The molecule has 0 fully saturated rings. The molecule has 2 heterocycles. The molecule has 0 unspecified atom stereocenters. The number of aryl methyl sites for hydroxylation is 2. The lowest BCUT2D eigenvalue weighted by molar-refractivity contribution is 0.0948. The number of nitrogens with one attached hydrogen (secondary N) is 2. The van der Waals surface area contributed by atoms with Gasteiger partial charge in [-0.15, -0.1) is 11.3 Å². The first-order valence-corrected chi connectivity index (χ1v) is 8.17. The number of hydrogen-bond donors (Lipinski definition) is 2. The normalized spacial score (nSPS) is 11.0. The van der Waals surface area contributed by atoms with Crippen LogP contribution in [-0.2, 0) is 13.0 Å². The van der Waals surface area contributed by atoms with E-state index in [1.807, 2.05) is 31.2 Å². The number of amides is 1. The van der Waals surface area contributed by atoms with Crippen molar-refractivity contribution in [1.82, 2.24) is 20.5 Å². The quantitative estimate of drug-likeness (QED) is 0.759. The van der Waals surface area contributed by atoms with E-state index in [1.165, 1.54) is 0 Å². The summed E-state index contributed by atoms with van der Waals surface area (Å²) in [5.41, 5.74) is 2.30. The third kappa shape index (κ3) is 2.87. The number of hydrogen-bond acceptors (Lipinski definition) is 4. The highest BCUT2D eigenvalue weighted by Gasteiger charge is 2.14. The smallest absolute Gasteiger partial charge is 0.272 e. The maximum atomic E-state index is 12.3. The Kier molecular flexibility index (Phi) is 4.20. The van der Waals surface area contributed by atoms with E-state index in [9.17, 15) is 4.79 Å². The summed E-state index contributed by atoms with van der Waals surface area (Å²) in [5.74, 6) is -0.165. The van der Waals surface area contributed by atoms with Crippen molar-refractivity contribution in [1.29, 1.82) is 0 Å². The molecule has 114 valence electrons. The van der Waals surface area contributed by atoms with Gasteiger partial charge in [-0.25, -0.2) is 4.98 Å². The molecule has 22 heavy (non-hydrogen) atoms. The molecular weight excluding hydrogens is 296 g/mol. The summed E-state index contributed by atoms with van der Waals surface area (Å²) in [6.45, 7) is 4.62. The highest BCUT2D eigenvalue weighted by Crippen LogP contribution is 2.20. The Morgan fingerprint density at radius 2 is 2.18 bits per heavy atom. The lowest BCUT2D eigenvalue weighted by Gasteiger charge is -2.02. The van der Waals surface area contributed by atoms with Crippen molar-refractivity contribution in [3.8, 4) is 0 Å². The van der Waals surface area contributed by atoms with Gasteiger partial charge < -0.3 is 5.32 Å². The van der Waals surface area contributed by atoms with Crippen molar-refractivity contribution in [2.45, 2.75) is 33.2 Å². The monoisotopic (exact) mass is 314 g/mol. The van der Waals surface area contributed by atoms with E-state index in [2.05, 4.69) is 27.4 Å². The van der Waals surface area contributed by atoms with Crippen molar-refractivity contribution >= 4 is 28.1 Å². The standard InChI is InChI=1S/C16H18N4OS/c1-3-6-14-18-10(2)13(22-14)9-17-16(21)15-11-7-4-5-8-12(11)19-20-15/h4-5,7-8H,3,6,9H2,1-2H3,(H,17,21)(H,19,20). The molecule has 0 bridgehead atoms. The first-order chi connectivity index (χ1) is 10.7. The van der Waals surface area contributed by atoms with Crippen LogP contribution in [0.4, 0.5) is 0 Å². The lowest BCUT2D eigenvalue weighted by atomic mass is 10.2. The Bertz CT molecular complexity index is 805. The van der Waals surface area contributed by atoms with Crippen LogP contribution in [0.25, 0.3) is 10.9 Å². The molecule has 0 atom stereocenters. The Morgan fingerprint density at radius 3 is 3.00 bits per heavy atom. The molecule has 2 aromatic heterocycles. The number of carbonyl (C=O) groups is 1. The molecule has 3 rings (SSSR count). The predicted molar refractivity (Wildman–Crippen MR) is 88.1 cm³/mol. The fourth-order valence-corrected chi connectivity index (χ4v) is 3.46. The van der Waals surface area contributed by atoms with Gasteiger partial charge in [-0.1, -0.05) is 25.1 Å². The van der Waals surface area contributed by atoms with Crippen LogP contribution in [-0.4, -0.2) is 21.1 Å². The second-order valence-corrected chi connectivity index (χ2v) is 6.33. The van der Waals surface area contributed by atoms with Gasteiger partial charge in [-0.05, 0) is 25.8 Å². The van der Waals surface area contributed by atoms with Crippen molar-refractivity contribution < 1.29 is 4.79 Å². The van der Waals surface area contributed by atoms with Gasteiger partial charge in [0.25, 0.3) is 5.91 Å². The van der Waals surface area contributed by atoms with E-state index in [4.69, 9.17) is 0 Å². The van der Waals surface area contributed by atoms with Crippen molar-refractivity contribution in [3.05, 3.63) is 45.5 Å². The van der Waals surface area contributed by atoms with Crippen LogP contribution >= 0.6 is 11.3 Å². The molecule has 0 saturated heterocycles. The van der Waals surface area contributed by atoms with E-state index in [1.54, 1.807) is 11.3 Å². The van der Waals surface area contributed by atoms with Gasteiger partial charge in [-0.2, -0.15) is 5.10 Å². The summed E-state index contributed by atoms with van der Waals surface area (Å²) in [6, 6.07) is 7.62. The first-order valence-electron chi connectivity index (χ1n) is 7.35. The third-order valence-electron chi connectivity index (χ3n) is 3.50. The summed E-state index contributed by atoms with van der Waals surface area (Å²) in [6.07, 6.45) is 2.07. The molecular formula is C16H18N4OS. The summed E-state index contributed by atoms with van der Waals surface area (Å²) in [5, 5.41) is 11.9. The maximum Gasteiger partial charge on any atom is 0.272 e. The molecule has 1 amide bonds. The molecule has 3 aromatic rings.